The summed E-state index contributed by atoms with van der Waals surface area (Å²) in [6, 6.07) is 9.24. The Morgan fingerprint density at radius 3 is 2.50 bits per heavy atom. The lowest BCUT2D eigenvalue weighted by Crippen LogP contribution is -2.46. The van der Waals surface area contributed by atoms with Crippen LogP contribution in [0.5, 0.6) is 5.75 Å². The Labute approximate surface area is 225 Å². The van der Waals surface area contributed by atoms with Crippen molar-refractivity contribution >= 4 is 23.2 Å². The molecule has 0 amide bonds. The van der Waals surface area contributed by atoms with Crippen LogP contribution in [0.2, 0.25) is 0 Å². The maximum Gasteiger partial charge on any atom is 0.340 e. The van der Waals surface area contributed by atoms with Crippen LogP contribution in [0, 0.1) is 11.8 Å². The summed E-state index contributed by atoms with van der Waals surface area (Å²) in [7, 11) is 3.37. The Balaban J connectivity index is 1.08. The van der Waals surface area contributed by atoms with Gasteiger partial charge in [0.1, 0.15) is 12.9 Å². The number of rotatable bonds is 8. The van der Waals surface area contributed by atoms with Gasteiger partial charge in [0.15, 0.2) is 24.6 Å². The van der Waals surface area contributed by atoms with Gasteiger partial charge in [0.05, 0.1) is 19.6 Å². The van der Waals surface area contributed by atoms with Crippen LogP contribution < -0.4 is 9.64 Å². The largest absolute Gasteiger partial charge is 0.493 e. The van der Waals surface area contributed by atoms with Gasteiger partial charge >= 0.3 is 11.9 Å². The lowest BCUT2D eigenvalue weighted by atomic mass is 9.86. The van der Waals surface area contributed by atoms with Crippen molar-refractivity contribution in [3.05, 3.63) is 41.7 Å². The van der Waals surface area contributed by atoms with Crippen molar-refractivity contribution in [1.29, 1.82) is 0 Å². The Bertz CT molecular complexity index is 1170. The van der Waals surface area contributed by atoms with Gasteiger partial charge in [-0.3, -0.25) is 0 Å². The molecule has 0 radical (unpaired) electrons. The number of oxime groups is 1. The maximum absolute atomic E-state index is 6.17. The Kier molecular flexibility index (Phi) is 8.29. The van der Waals surface area contributed by atoms with Gasteiger partial charge in [-0.15, -0.1) is 0 Å². The molecule has 204 valence electrons. The molecule has 2 aromatic rings. The summed E-state index contributed by atoms with van der Waals surface area (Å²) < 4.78 is 19.7. The van der Waals surface area contributed by atoms with Crippen molar-refractivity contribution in [2.75, 3.05) is 51.9 Å². The number of aromatic nitrogens is 2. The molecule has 0 spiro atoms. The van der Waals surface area contributed by atoms with Crippen LogP contribution in [0.1, 0.15) is 63.3 Å². The topological polar surface area (TPSA) is 85.2 Å². The molecule has 1 aromatic heterocycles. The highest BCUT2D eigenvalue weighted by molar-refractivity contribution is 5.91. The van der Waals surface area contributed by atoms with Crippen molar-refractivity contribution in [1.82, 2.24) is 10.1 Å². The molecule has 2 saturated heterocycles. The summed E-state index contributed by atoms with van der Waals surface area (Å²) in [6.07, 6.45) is 7.61. The van der Waals surface area contributed by atoms with Crippen LogP contribution in [0.25, 0.3) is 5.57 Å². The summed E-state index contributed by atoms with van der Waals surface area (Å²) in [5.74, 6) is 4.01. The van der Waals surface area contributed by atoms with Gasteiger partial charge in [0.2, 0.25) is 0 Å². The Morgan fingerprint density at radius 2 is 1.89 bits per heavy atom. The molecule has 0 saturated carbocycles. The van der Waals surface area contributed by atoms with Gasteiger partial charge in [-0.05, 0) is 61.3 Å². The fourth-order valence-corrected chi connectivity index (χ4v) is 5.47. The summed E-state index contributed by atoms with van der Waals surface area (Å²) in [6.45, 7) is 8.32. The molecule has 9 heteroatoms. The molecule has 2 fully saturated rings. The van der Waals surface area contributed by atoms with E-state index >= 15 is 0 Å². The monoisotopic (exact) mass is 522 g/mol. The minimum atomic E-state index is 0.277. The van der Waals surface area contributed by atoms with Crippen LogP contribution in [0.3, 0.4) is 0 Å². The molecule has 3 heterocycles. The quantitative estimate of drug-likeness (QED) is 0.281. The van der Waals surface area contributed by atoms with E-state index in [9.17, 15) is 0 Å². The Hall–Kier alpha value is -3.36. The molecule has 1 aliphatic carbocycles. The molecule has 1 aromatic carbocycles. The average molecular weight is 523 g/mol. The predicted octanol–water partition coefficient (Wildman–Crippen LogP) is 4.75. The molecular formula is C29H40N5O4+. The second-order valence-corrected chi connectivity index (χ2v) is 10.8. The van der Waals surface area contributed by atoms with Crippen molar-refractivity contribution < 1.29 is 23.4 Å². The maximum atomic E-state index is 6.17. The van der Waals surface area contributed by atoms with Crippen LogP contribution in [0.4, 0.5) is 6.01 Å². The summed E-state index contributed by atoms with van der Waals surface area (Å²) in [5, 5.41) is 8.12. The third-order valence-corrected chi connectivity index (χ3v) is 7.79. The second kappa shape index (κ2) is 12.0. The van der Waals surface area contributed by atoms with Crippen molar-refractivity contribution in [2.45, 2.75) is 51.9 Å². The third kappa shape index (κ3) is 6.03. The van der Waals surface area contributed by atoms with Gasteiger partial charge in [-0.25, -0.2) is 0 Å². The SMILES string of the molecule is CON=C1C[N+](=C(OC)C2CC=C(c3ccc(OCC4CCN(c5nc(C(C)C)no5)CC4)cc3)CC2)C1. The van der Waals surface area contributed by atoms with Crippen molar-refractivity contribution in [3.8, 4) is 5.75 Å². The number of allylic oxidation sites excluding steroid dienone is 2. The zero-order valence-electron chi connectivity index (χ0n) is 23.1. The first-order valence-corrected chi connectivity index (χ1v) is 13.8. The summed E-state index contributed by atoms with van der Waals surface area (Å²) in [5.41, 5.74) is 3.75. The summed E-state index contributed by atoms with van der Waals surface area (Å²) >= 11 is 0. The number of hydrogen-bond donors (Lipinski definition) is 0. The molecule has 1 atom stereocenters. The molecule has 3 aliphatic rings. The molecular weight excluding hydrogens is 482 g/mol. The third-order valence-electron chi connectivity index (χ3n) is 7.79. The molecule has 2 aliphatic heterocycles. The van der Waals surface area contributed by atoms with Gasteiger partial charge in [0.25, 0.3) is 0 Å². The minimum Gasteiger partial charge on any atom is -0.493 e. The first-order chi connectivity index (χ1) is 18.5. The van der Waals surface area contributed by atoms with Crippen LogP contribution in [-0.4, -0.2) is 73.3 Å². The van der Waals surface area contributed by atoms with Crippen LogP contribution in [0.15, 0.2) is 40.0 Å². The number of anilines is 1. The fourth-order valence-electron chi connectivity index (χ4n) is 5.47. The average Bonchev–Trinajstić information content (AvgIpc) is 3.43. The van der Waals surface area contributed by atoms with E-state index < -0.39 is 0 Å². The second-order valence-electron chi connectivity index (χ2n) is 10.8. The smallest absolute Gasteiger partial charge is 0.340 e. The van der Waals surface area contributed by atoms with E-state index in [1.807, 2.05) is 0 Å². The minimum absolute atomic E-state index is 0.277. The van der Waals surface area contributed by atoms with Crippen molar-refractivity contribution in [2.24, 2.45) is 17.0 Å². The predicted molar refractivity (Wildman–Crippen MR) is 147 cm³/mol. The zero-order chi connectivity index (χ0) is 26.5. The highest BCUT2D eigenvalue weighted by Gasteiger charge is 2.36. The highest BCUT2D eigenvalue weighted by atomic mass is 16.6. The molecule has 1 unspecified atom stereocenters. The first kappa shape index (κ1) is 26.3. The van der Waals surface area contributed by atoms with E-state index in [-0.39, 0.29) is 5.92 Å². The van der Waals surface area contributed by atoms with E-state index in [0.717, 1.165) is 88.1 Å². The molecule has 9 nitrogen and oxygen atoms in total. The number of ether oxygens (including phenoxy) is 2. The van der Waals surface area contributed by atoms with Gasteiger partial charge in [-0.1, -0.05) is 42.4 Å². The lowest BCUT2D eigenvalue weighted by molar-refractivity contribution is -0.540. The molecule has 5 rings (SSSR count). The standard InChI is InChI=1S/C29H40N5O4/c1-20(2)27-30-29(38-32-27)33-15-13-21(14-16-33)19-37-26-11-9-23(10-12-26)22-5-7-24(8-6-22)28(35-3)34-17-25(18-34)31-36-4/h5,9-12,20-21,24H,6-8,13-19H2,1-4H3/q+1. The number of methoxy groups -OCH3 is 1. The number of nitrogens with zero attached hydrogens (tertiary/aromatic N) is 5. The normalized spacial score (nSPS) is 20.2. The van der Waals surface area contributed by atoms with Gasteiger partial charge in [0, 0.05) is 19.0 Å². The van der Waals surface area contributed by atoms with E-state index in [0.29, 0.717) is 17.9 Å². The van der Waals surface area contributed by atoms with Crippen LogP contribution >= 0.6 is 0 Å². The van der Waals surface area contributed by atoms with Gasteiger partial charge < -0.3 is 23.7 Å². The zero-order valence-corrected chi connectivity index (χ0v) is 23.1. The fraction of sp³-hybridized carbons (Fsp3) is 0.586. The molecule has 38 heavy (non-hydrogen) atoms. The van der Waals surface area contributed by atoms with Crippen molar-refractivity contribution in [3.63, 3.8) is 0 Å². The van der Waals surface area contributed by atoms with Crippen LogP contribution in [-0.2, 0) is 9.57 Å². The number of hydrogen-bond acceptors (Lipinski definition) is 8. The summed E-state index contributed by atoms with van der Waals surface area (Å²) in [4.78, 5) is 11.6. The number of piperidine rings is 1. The molecule has 0 N–H and O–H groups in total. The van der Waals surface area contributed by atoms with E-state index in [1.165, 1.54) is 11.1 Å². The van der Waals surface area contributed by atoms with E-state index in [2.05, 4.69) is 69.0 Å². The molecule has 0 bridgehead atoms. The highest BCUT2D eigenvalue weighted by Crippen LogP contribution is 2.32. The Morgan fingerprint density at radius 1 is 1.13 bits per heavy atom. The van der Waals surface area contributed by atoms with E-state index in [4.69, 9.17) is 18.8 Å². The number of benzene rings is 1. The van der Waals surface area contributed by atoms with Gasteiger partial charge in [-0.2, -0.15) is 9.56 Å². The first-order valence-electron chi connectivity index (χ1n) is 13.8. The van der Waals surface area contributed by atoms with E-state index in [1.54, 1.807) is 14.2 Å². The lowest BCUT2D eigenvalue weighted by Gasteiger charge is -2.30.